The zero-order valence-corrected chi connectivity index (χ0v) is 13.2. The third-order valence-corrected chi connectivity index (χ3v) is 3.19. The maximum absolute atomic E-state index is 11.2. The molecule has 2 aromatic rings. The van der Waals surface area contributed by atoms with Gasteiger partial charge in [0.2, 0.25) is 0 Å². The van der Waals surface area contributed by atoms with Gasteiger partial charge in [-0.15, -0.1) is 0 Å². The summed E-state index contributed by atoms with van der Waals surface area (Å²) in [6.45, 7) is 0.246. The molecule has 0 saturated carbocycles. The van der Waals surface area contributed by atoms with Crippen molar-refractivity contribution in [2.24, 2.45) is 0 Å². The molecule has 5 heteroatoms. The summed E-state index contributed by atoms with van der Waals surface area (Å²) >= 11 is 0. The number of rotatable bonds is 9. The van der Waals surface area contributed by atoms with E-state index in [2.05, 4.69) is 0 Å². The van der Waals surface area contributed by atoms with Crippen LogP contribution in [0.4, 0.5) is 0 Å². The molecular formula is C18H20O5. The summed E-state index contributed by atoms with van der Waals surface area (Å²) in [5.41, 5.74) is 2.28. The Morgan fingerprint density at radius 1 is 0.957 bits per heavy atom. The van der Waals surface area contributed by atoms with Crippen LogP contribution in [-0.2, 0) is 14.2 Å². The van der Waals surface area contributed by atoms with Crippen LogP contribution in [0.3, 0.4) is 0 Å². The van der Waals surface area contributed by atoms with E-state index in [4.69, 9.17) is 18.9 Å². The molecule has 0 aliphatic carbocycles. The Labute approximate surface area is 135 Å². The molecule has 0 bridgehead atoms. The summed E-state index contributed by atoms with van der Waals surface area (Å²) in [5.74, 6) is 0.549. The number of carbonyl (C=O) groups excluding carboxylic acids is 1. The number of hydrogen-bond donors (Lipinski definition) is 0. The van der Waals surface area contributed by atoms with Crippen LogP contribution in [0, 0.1) is 0 Å². The van der Waals surface area contributed by atoms with Crippen molar-refractivity contribution in [1.29, 1.82) is 0 Å². The molecule has 0 aliphatic heterocycles. The largest absolute Gasteiger partial charge is 0.468 e. The second-order valence-corrected chi connectivity index (χ2v) is 4.87. The van der Waals surface area contributed by atoms with E-state index in [1.54, 1.807) is 26.4 Å². The predicted octanol–water partition coefficient (Wildman–Crippen LogP) is 3.19. The molecule has 5 nitrogen and oxygen atoms in total. The normalized spacial score (nSPS) is 11.9. The number of hydrogen-bond acceptors (Lipinski definition) is 5. The van der Waals surface area contributed by atoms with Crippen LogP contribution in [-0.4, -0.2) is 34.1 Å². The molecule has 0 amide bonds. The molecule has 122 valence electrons. The molecule has 2 rings (SSSR count). The monoisotopic (exact) mass is 316 g/mol. The third-order valence-electron chi connectivity index (χ3n) is 3.19. The van der Waals surface area contributed by atoms with Gasteiger partial charge in [0.1, 0.15) is 24.9 Å². The topological polar surface area (TPSA) is 54.0 Å². The first-order chi connectivity index (χ1) is 11.3. The Hall–Kier alpha value is -2.21. The van der Waals surface area contributed by atoms with E-state index in [1.807, 2.05) is 36.4 Å². The third kappa shape index (κ3) is 4.89. The van der Waals surface area contributed by atoms with E-state index in [0.29, 0.717) is 11.3 Å². The average molecular weight is 316 g/mol. The van der Waals surface area contributed by atoms with Crippen LogP contribution in [0.2, 0.25) is 0 Å². The van der Waals surface area contributed by atoms with Crippen molar-refractivity contribution in [2.45, 2.75) is 6.10 Å². The Kier molecular flexibility index (Phi) is 6.75. The van der Waals surface area contributed by atoms with E-state index >= 15 is 0 Å². The van der Waals surface area contributed by atoms with Gasteiger partial charge >= 0.3 is 0 Å². The molecule has 0 aromatic heterocycles. The van der Waals surface area contributed by atoms with E-state index in [-0.39, 0.29) is 19.7 Å². The quantitative estimate of drug-likeness (QED) is 0.525. The molecular weight excluding hydrogens is 296 g/mol. The van der Waals surface area contributed by atoms with Crippen LogP contribution in [0.5, 0.6) is 5.75 Å². The summed E-state index contributed by atoms with van der Waals surface area (Å²) < 4.78 is 21.2. The minimum Gasteiger partial charge on any atom is -0.468 e. The van der Waals surface area contributed by atoms with Gasteiger partial charge in [-0.1, -0.05) is 30.3 Å². The molecule has 0 heterocycles. The van der Waals surface area contributed by atoms with Gasteiger partial charge in [0, 0.05) is 19.8 Å². The minimum atomic E-state index is -0.360. The highest BCUT2D eigenvalue weighted by Crippen LogP contribution is 2.29. The van der Waals surface area contributed by atoms with Crippen molar-refractivity contribution >= 4 is 6.29 Å². The van der Waals surface area contributed by atoms with E-state index in [1.165, 1.54) is 0 Å². The SMILES string of the molecule is COCOc1cc(C=O)cc(C(OCOC)c2ccccc2)c1. The molecule has 0 fully saturated rings. The minimum absolute atomic E-state index is 0.108. The summed E-state index contributed by atoms with van der Waals surface area (Å²) in [7, 11) is 3.11. The van der Waals surface area contributed by atoms with Crippen LogP contribution < -0.4 is 4.74 Å². The lowest BCUT2D eigenvalue weighted by molar-refractivity contribution is -0.0592. The first-order valence-corrected chi connectivity index (χ1v) is 7.16. The fourth-order valence-corrected chi connectivity index (χ4v) is 2.22. The van der Waals surface area contributed by atoms with Crippen LogP contribution in [0.1, 0.15) is 27.6 Å². The van der Waals surface area contributed by atoms with Crippen molar-refractivity contribution in [3.8, 4) is 5.75 Å². The number of aldehydes is 1. The Morgan fingerprint density at radius 3 is 2.35 bits per heavy atom. The number of benzene rings is 2. The van der Waals surface area contributed by atoms with E-state index in [9.17, 15) is 4.79 Å². The number of methoxy groups -OCH3 is 2. The van der Waals surface area contributed by atoms with Crippen LogP contribution in [0.15, 0.2) is 48.5 Å². The predicted molar refractivity (Wildman–Crippen MR) is 85.6 cm³/mol. The molecule has 0 saturated heterocycles. The summed E-state index contributed by atoms with van der Waals surface area (Å²) in [5, 5.41) is 0. The Bertz CT molecular complexity index is 612. The Balaban J connectivity index is 2.38. The highest BCUT2D eigenvalue weighted by atomic mass is 16.7. The first-order valence-electron chi connectivity index (χ1n) is 7.16. The van der Waals surface area contributed by atoms with Crippen molar-refractivity contribution < 1.29 is 23.7 Å². The van der Waals surface area contributed by atoms with Crippen molar-refractivity contribution in [1.82, 2.24) is 0 Å². The molecule has 2 aromatic carbocycles. The maximum Gasteiger partial charge on any atom is 0.188 e. The highest BCUT2D eigenvalue weighted by Gasteiger charge is 2.17. The van der Waals surface area contributed by atoms with Gasteiger partial charge in [-0.25, -0.2) is 0 Å². The van der Waals surface area contributed by atoms with E-state index < -0.39 is 0 Å². The van der Waals surface area contributed by atoms with Crippen molar-refractivity contribution in [3.05, 3.63) is 65.2 Å². The molecule has 0 N–H and O–H groups in total. The standard InChI is InChI=1S/C18H20O5/c1-20-12-22-17-9-14(11-19)8-16(10-17)18(23-13-21-2)15-6-4-3-5-7-15/h3-11,18H,12-13H2,1-2H3. The molecule has 0 aliphatic rings. The molecule has 23 heavy (non-hydrogen) atoms. The summed E-state index contributed by atoms with van der Waals surface area (Å²) in [4.78, 5) is 11.2. The Morgan fingerprint density at radius 2 is 1.70 bits per heavy atom. The summed E-state index contributed by atoms with van der Waals surface area (Å²) in [6, 6.07) is 15.0. The van der Waals surface area contributed by atoms with Gasteiger partial charge in [0.15, 0.2) is 6.79 Å². The lowest BCUT2D eigenvalue weighted by Gasteiger charge is -2.19. The average Bonchev–Trinajstić information content (AvgIpc) is 2.61. The van der Waals surface area contributed by atoms with Crippen molar-refractivity contribution in [2.75, 3.05) is 27.8 Å². The highest BCUT2D eigenvalue weighted by molar-refractivity contribution is 5.76. The van der Waals surface area contributed by atoms with Gasteiger partial charge in [0.25, 0.3) is 0 Å². The number of carbonyl (C=O) groups is 1. The van der Waals surface area contributed by atoms with Gasteiger partial charge in [-0.2, -0.15) is 0 Å². The van der Waals surface area contributed by atoms with Crippen molar-refractivity contribution in [3.63, 3.8) is 0 Å². The molecule has 1 unspecified atom stereocenters. The van der Waals surface area contributed by atoms with Gasteiger partial charge in [-0.3, -0.25) is 4.79 Å². The van der Waals surface area contributed by atoms with Gasteiger partial charge in [-0.05, 0) is 29.3 Å². The van der Waals surface area contributed by atoms with Gasteiger partial charge < -0.3 is 18.9 Å². The second-order valence-electron chi connectivity index (χ2n) is 4.87. The zero-order valence-electron chi connectivity index (χ0n) is 13.2. The van der Waals surface area contributed by atoms with Gasteiger partial charge in [0.05, 0.1) is 0 Å². The lowest BCUT2D eigenvalue weighted by Crippen LogP contribution is -2.09. The fourth-order valence-electron chi connectivity index (χ4n) is 2.22. The molecule has 1 atom stereocenters. The smallest absolute Gasteiger partial charge is 0.188 e. The maximum atomic E-state index is 11.2. The zero-order chi connectivity index (χ0) is 16.5. The molecule has 0 radical (unpaired) electrons. The van der Waals surface area contributed by atoms with Crippen LogP contribution in [0.25, 0.3) is 0 Å². The first kappa shape index (κ1) is 17.1. The van der Waals surface area contributed by atoms with E-state index in [0.717, 1.165) is 17.4 Å². The fraction of sp³-hybridized carbons (Fsp3) is 0.278. The van der Waals surface area contributed by atoms with Crippen LogP contribution >= 0.6 is 0 Å². The molecule has 0 spiro atoms. The lowest BCUT2D eigenvalue weighted by atomic mass is 9.99. The summed E-state index contributed by atoms with van der Waals surface area (Å²) in [6.07, 6.45) is 0.419. The second kappa shape index (κ2) is 9.05. The number of ether oxygens (including phenoxy) is 4.